The molecule has 1 aromatic carbocycles. The number of cyclic esters (lactones) is 1. The Bertz CT molecular complexity index is 643. The molecular weight excluding hydrogens is 300 g/mol. The first kappa shape index (κ1) is 14.6. The number of carbonyl (C=O) groups is 2. The summed E-state index contributed by atoms with van der Waals surface area (Å²) in [4.78, 5) is 25.3. The summed E-state index contributed by atoms with van der Waals surface area (Å²) in [7, 11) is 0. The third-order valence-corrected chi connectivity index (χ3v) is 4.27. The second-order valence-electron chi connectivity index (χ2n) is 5.03. The minimum atomic E-state index is -0.357. The Hall–Kier alpha value is -2.34. The molecular formula is C16H16N2O3S. The van der Waals surface area contributed by atoms with Gasteiger partial charge in [-0.05, 0) is 23.1 Å². The van der Waals surface area contributed by atoms with Gasteiger partial charge in [0.05, 0.1) is 19.5 Å². The number of thiophene rings is 1. The van der Waals surface area contributed by atoms with Gasteiger partial charge in [-0.3, -0.25) is 9.69 Å². The van der Waals surface area contributed by atoms with Crippen LogP contribution in [0.4, 0.5) is 9.80 Å². The number of anilines is 1. The maximum absolute atomic E-state index is 11.9. The van der Waals surface area contributed by atoms with Crippen molar-refractivity contribution in [1.82, 2.24) is 5.32 Å². The topological polar surface area (TPSA) is 58.6 Å². The minimum absolute atomic E-state index is 0.0724. The zero-order chi connectivity index (χ0) is 15.4. The van der Waals surface area contributed by atoms with Crippen LogP contribution in [0.1, 0.15) is 5.56 Å². The zero-order valence-electron chi connectivity index (χ0n) is 11.9. The lowest BCUT2D eigenvalue weighted by Crippen LogP contribution is -2.35. The molecule has 1 aliphatic heterocycles. The third-order valence-electron chi connectivity index (χ3n) is 3.38. The predicted octanol–water partition coefficient (Wildman–Crippen LogP) is 2.43. The van der Waals surface area contributed by atoms with Crippen LogP contribution < -0.4 is 10.2 Å². The minimum Gasteiger partial charge on any atom is -0.442 e. The van der Waals surface area contributed by atoms with Gasteiger partial charge in [-0.15, -0.1) is 11.3 Å². The van der Waals surface area contributed by atoms with Gasteiger partial charge in [0.1, 0.15) is 11.1 Å². The second-order valence-corrected chi connectivity index (χ2v) is 5.96. The van der Waals surface area contributed by atoms with Crippen molar-refractivity contribution >= 4 is 28.3 Å². The molecule has 0 radical (unpaired) electrons. The molecule has 1 N–H and O–H groups in total. The van der Waals surface area contributed by atoms with Crippen LogP contribution in [0.2, 0.25) is 0 Å². The highest BCUT2D eigenvalue weighted by Crippen LogP contribution is 2.25. The number of rotatable bonds is 5. The van der Waals surface area contributed by atoms with E-state index in [9.17, 15) is 9.59 Å². The molecule has 2 heterocycles. The SMILES string of the molecule is O=C(Cc1ccccc1)NCC1CN(c2cccs2)C(=O)O1. The van der Waals surface area contributed by atoms with Gasteiger partial charge >= 0.3 is 6.09 Å². The largest absolute Gasteiger partial charge is 0.442 e. The van der Waals surface area contributed by atoms with E-state index in [4.69, 9.17) is 4.74 Å². The van der Waals surface area contributed by atoms with E-state index < -0.39 is 0 Å². The normalized spacial score (nSPS) is 17.4. The van der Waals surface area contributed by atoms with E-state index in [1.807, 2.05) is 47.8 Å². The van der Waals surface area contributed by atoms with Gasteiger partial charge in [-0.1, -0.05) is 30.3 Å². The molecule has 1 unspecified atom stereocenters. The van der Waals surface area contributed by atoms with Crippen molar-refractivity contribution in [1.29, 1.82) is 0 Å². The van der Waals surface area contributed by atoms with Crippen molar-refractivity contribution in [3.05, 3.63) is 53.4 Å². The van der Waals surface area contributed by atoms with Gasteiger partial charge in [0.2, 0.25) is 5.91 Å². The average Bonchev–Trinajstić information content (AvgIpc) is 3.15. The fraction of sp³-hybridized carbons (Fsp3) is 0.250. The molecule has 2 aromatic rings. The lowest BCUT2D eigenvalue weighted by molar-refractivity contribution is -0.120. The Morgan fingerprint density at radius 3 is 2.82 bits per heavy atom. The second kappa shape index (κ2) is 6.62. The zero-order valence-corrected chi connectivity index (χ0v) is 12.7. The fourth-order valence-corrected chi connectivity index (χ4v) is 3.03. The van der Waals surface area contributed by atoms with Gasteiger partial charge in [-0.2, -0.15) is 0 Å². The number of nitrogens with one attached hydrogen (secondary N) is 1. The van der Waals surface area contributed by atoms with Crippen LogP contribution in [0, 0.1) is 0 Å². The molecule has 1 aliphatic rings. The highest BCUT2D eigenvalue weighted by Gasteiger charge is 2.32. The quantitative estimate of drug-likeness (QED) is 0.921. The number of hydrogen-bond donors (Lipinski definition) is 1. The Balaban J connectivity index is 1.48. The molecule has 0 bridgehead atoms. The average molecular weight is 316 g/mol. The first-order chi connectivity index (χ1) is 10.7. The van der Waals surface area contributed by atoms with E-state index in [1.165, 1.54) is 11.3 Å². The van der Waals surface area contributed by atoms with Crippen molar-refractivity contribution in [3.8, 4) is 0 Å². The van der Waals surface area contributed by atoms with Gasteiger partial charge < -0.3 is 10.1 Å². The highest BCUT2D eigenvalue weighted by atomic mass is 32.1. The smallest absolute Gasteiger partial charge is 0.415 e. The van der Waals surface area contributed by atoms with Crippen LogP contribution in [0.15, 0.2) is 47.8 Å². The summed E-state index contributed by atoms with van der Waals surface area (Å²) in [5.41, 5.74) is 0.962. The Labute approximate surface area is 132 Å². The first-order valence-corrected chi connectivity index (χ1v) is 7.92. The lowest BCUT2D eigenvalue weighted by atomic mass is 10.1. The number of ether oxygens (including phenoxy) is 1. The Kier molecular flexibility index (Phi) is 4.39. The van der Waals surface area contributed by atoms with Crippen molar-refractivity contribution in [2.75, 3.05) is 18.0 Å². The van der Waals surface area contributed by atoms with E-state index in [-0.39, 0.29) is 18.1 Å². The maximum atomic E-state index is 11.9. The number of benzene rings is 1. The molecule has 3 rings (SSSR count). The standard InChI is InChI=1S/C16H16N2O3S/c19-14(9-12-5-2-1-3-6-12)17-10-13-11-18(16(20)21-13)15-7-4-8-22-15/h1-8,13H,9-11H2,(H,17,19). The summed E-state index contributed by atoms with van der Waals surface area (Å²) < 4.78 is 5.28. The Morgan fingerprint density at radius 2 is 2.09 bits per heavy atom. The van der Waals surface area contributed by atoms with E-state index >= 15 is 0 Å². The van der Waals surface area contributed by atoms with Gasteiger partial charge in [0, 0.05) is 0 Å². The molecule has 22 heavy (non-hydrogen) atoms. The number of amides is 2. The van der Waals surface area contributed by atoms with Crippen molar-refractivity contribution in [3.63, 3.8) is 0 Å². The molecule has 1 fully saturated rings. The number of hydrogen-bond acceptors (Lipinski definition) is 4. The summed E-state index contributed by atoms with van der Waals surface area (Å²) in [5, 5.41) is 5.60. The maximum Gasteiger partial charge on any atom is 0.415 e. The van der Waals surface area contributed by atoms with Gasteiger partial charge in [0.25, 0.3) is 0 Å². The van der Waals surface area contributed by atoms with Crippen molar-refractivity contribution in [2.24, 2.45) is 0 Å². The molecule has 1 aromatic heterocycles. The van der Waals surface area contributed by atoms with Crippen LogP contribution in [-0.2, 0) is 16.0 Å². The van der Waals surface area contributed by atoms with E-state index in [1.54, 1.807) is 4.90 Å². The third kappa shape index (κ3) is 3.46. The molecule has 114 valence electrons. The number of nitrogens with zero attached hydrogens (tertiary/aromatic N) is 1. The fourth-order valence-electron chi connectivity index (χ4n) is 2.30. The van der Waals surface area contributed by atoms with Crippen LogP contribution in [0.3, 0.4) is 0 Å². The van der Waals surface area contributed by atoms with E-state index in [0.29, 0.717) is 19.5 Å². The van der Waals surface area contributed by atoms with Crippen LogP contribution in [-0.4, -0.2) is 31.2 Å². The summed E-state index contributed by atoms with van der Waals surface area (Å²) in [6.45, 7) is 0.796. The van der Waals surface area contributed by atoms with Crippen LogP contribution >= 0.6 is 11.3 Å². The molecule has 0 spiro atoms. The monoisotopic (exact) mass is 316 g/mol. The summed E-state index contributed by atoms with van der Waals surface area (Å²) in [6.07, 6.45) is -0.338. The van der Waals surface area contributed by atoms with Crippen LogP contribution in [0.25, 0.3) is 0 Å². The summed E-state index contributed by atoms with van der Waals surface area (Å²) in [5.74, 6) is -0.0724. The highest BCUT2D eigenvalue weighted by molar-refractivity contribution is 7.14. The summed E-state index contributed by atoms with van der Waals surface area (Å²) in [6, 6.07) is 13.3. The number of carbonyl (C=O) groups excluding carboxylic acids is 2. The van der Waals surface area contributed by atoms with E-state index in [0.717, 1.165) is 10.6 Å². The molecule has 0 aliphatic carbocycles. The first-order valence-electron chi connectivity index (χ1n) is 7.04. The van der Waals surface area contributed by atoms with Crippen molar-refractivity contribution < 1.29 is 14.3 Å². The molecule has 1 saturated heterocycles. The summed E-state index contributed by atoms with van der Waals surface area (Å²) >= 11 is 1.49. The predicted molar refractivity (Wildman–Crippen MR) is 85.1 cm³/mol. The molecule has 0 saturated carbocycles. The van der Waals surface area contributed by atoms with Crippen molar-refractivity contribution in [2.45, 2.75) is 12.5 Å². The molecule has 5 nitrogen and oxygen atoms in total. The van der Waals surface area contributed by atoms with Gasteiger partial charge in [0.15, 0.2) is 0 Å². The Morgan fingerprint density at radius 1 is 1.27 bits per heavy atom. The molecule has 1 atom stereocenters. The van der Waals surface area contributed by atoms with E-state index in [2.05, 4.69) is 5.32 Å². The molecule has 2 amide bonds. The molecule has 6 heteroatoms. The van der Waals surface area contributed by atoms with Gasteiger partial charge in [-0.25, -0.2) is 4.79 Å². The lowest BCUT2D eigenvalue weighted by Gasteiger charge is -2.11. The van der Waals surface area contributed by atoms with Crippen LogP contribution in [0.5, 0.6) is 0 Å².